The molecular weight excluding hydrogens is 365 g/mol. The summed E-state index contributed by atoms with van der Waals surface area (Å²) in [6, 6.07) is 10.8. The number of esters is 1. The van der Waals surface area contributed by atoms with Gasteiger partial charge >= 0.3 is 5.97 Å². The van der Waals surface area contributed by atoms with Crippen LogP contribution in [0.1, 0.15) is 37.0 Å². The van der Waals surface area contributed by atoms with Gasteiger partial charge in [0.15, 0.2) is 0 Å². The van der Waals surface area contributed by atoms with Gasteiger partial charge in [-0.25, -0.2) is 4.39 Å². The van der Waals surface area contributed by atoms with E-state index in [1.54, 1.807) is 18.2 Å². The number of halogens is 2. The molecule has 0 saturated heterocycles. The normalized spacial score (nSPS) is 16.4. The third kappa shape index (κ3) is 4.69. The van der Waals surface area contributed by atoms with Crippen molar-refractivity contribution in [2.45, 2.75) is 26.7 Å². The third-order valence-corrected chi connectivity index (χ3v) is 5.10. The van der Waals surface area contributed by atoms with E-state index in [1.165, 1.54) is 6.07 Å². The Kier molecular flexibility index (Phi) is 6.17. The van der Waals surface area contributed by atoms with Gasteiger partial charge in [-0.3, -0.25) is 4.79 Å². The first kappa shape index (κ1) is 19.4. The second-order valence-electron chi connectivity index (χ2n) is 6.79. The lowest BCUT2D eigenvalue weighted by Gasteiger charge is -2.26. The highest BCUT2D eigenvalue weighted by Gasteiger charge is 2.21. The Morgan fingerprint density at radius 2 is 2.19 bits per heavy atom. The number of hydrogen-bond acceptors (Lipinski definition) is 3. The fourth-order valence-corrected chi connectivity index (χ4v) is 3.58. The molecule has 1 aliphatic heterocycles. The predicted molar refractivity (Wildman–Crippen MR) is 108 cm³/mol. The van der Waals surface area contributed by atoms with Crippen LogP contribution in [0.2, 0.25) is 5.02 Å². The average molecular weight is 388 g/mol. The van der Waals surface area contributed by atoms with E-state index in [1.807, 2.05) is 26.0 Å². The summed E-state index contributed by atoms with van der Waals surface area (Å²) in [7, 11) is 0. The Bertz CT molecular complexity index is 858. The lowest BCUT2D eigenvalue weighted by molar-refractivity contribution is -0.144. The van der Waals surface area contributed by atoms with E-state index >= 15 is 0 Å². The Balaban J connectivity index is 1.81. The molecule has 142 valence electrons. The molecule has 2 aromatic rings. The number of anilines is 1. The summed E-state index contributed by atoms with van der Waals surface area (Å²) < 4.78 is 19.1. The van der Waals surface area contributed by atoms with Gasteiger partial charge in [-0.05, 0) is 73.2 Å². The lowest BCUT2D eigenvalue weighted by atomic mass is 9.89. The quantitative estimate of drug-likeness (QED) is 0.537. The minimum atomic E-state index is -0.337. The van der Waals surface area contributed by atoms with Crippen LogP contribution in [0.5, 0.6) is 0 Å². The number of rotatable bonds is 5. The van der Waals surface area contributed by atoms with Gasteiger partial charge in [0.25, 0.3) is 0 Å². The van der Waals surface area contributed by atoms with E-state index < -0.39 is 0 Å². The topological polar surface area (TPSA) is 38.3 Å². The van der Waals surface area contributed by atoms with Crippen molar-refractivity contribution in [2.75, 3.05) is 18.5 Å². The van der Waals surface area contributed by atoms with Gasteiger partial charge in [0.1, 0.15) is 5.82 Å². The Morgan fingerprint density at radius 3 is 2.93 bits per heavy atom. The number of fused-ring (bicyclic) bond motifs is 1. The number of ether oxygens (including phenoxy) is 1. The van der Waals surface area contributed by atoms with Crippen LogP contribution in [0.4, 0.5) is 10.1 Å². The number of carbonyl (C=O) groups excluding carboxylic acids is 1. The number of nitrogens with one attached hydrogen (secondary N) is 1. The lowest BCUT2D eigenvalue weighted by Crippen LogP contribution is -2.26. The predicted octanol–water partition coefficient (Wildman–Crippen LogP) is 5.58. The van der Waals surface area contributed by atoms with Crippen LogP contribution < -0.4 is 5.32 Å². The van der Waals surface area contributed by atoms with Crippen molar-refractivity contribution < 1.29 is 13.9 Å². The largest absolute Gasteiger partial charge is 0.466 e. The molecule has 1 N–H and O–H groups in total. The number of carbonyl (C=O) groups is 1. The molecule has 0 fully saturated rings. The molecule has 2 aromatic carbocycles. The zero-order valence-electron chi connectivity index (χ0n) is 15.5. The highest BCUT2D eigenvalue weighted by molar-refractivity contribution is 6.32. The maximum atomic E-state index is 14.1. The van der Waals surface area contributed by atoms with E-state index in [-0.39, 0.29) is 17.7 Å². The second kappa shape index (κ2) is 8.57. The van der Waals surface area contributed by atoms with E-state index in [0.717, 1.165) is 35.4 Å². The zero-order valence-corrected chi connectivity index (χ0v) is 16.3. The first-order valence-electron chi connectivity index (χ1n) is 9.13. The first-order valence-corrected chi connectivity index (χ1v) is 9.50. The Morgan fingerprint density at radius 1 is 1.37 bits per heavy atom. The summed E-state index contributed by atoms with van der Waals surface area (Å²) in [5.74, 6) is -0.290. The van der Waals surface area contributed by atoms with E-state index in [9.17, 15) is 9.18 Å². The van der Waals surface area contributed by atoms with Crippen molar-refractivity contribution in [1.29, 1.82) is 0 Å². The standard InChI is InChI=1S/C22H23ClFNO2/c1-3-27-22(26)11-15-10-17-12-16(7-8-21(17)25-13-15)14(2)9-18-19(23)5-4-6-20(18)24/h4-9,12,15,25H,3,10-11,13H2,1-2H3/b14-9+. The Labute approximate surface area is 164 Å². The van der Waals surface area contributed by atoms with Crippen molar-refractivity contribution in [3.05, 3.63) is 63.9 Å². The summed E-state index contributed by atoms with van der Waals surface area (Å²) in [4.78, 5) is 11.8. The Hall–Kier alpha value is -2.33. The van der Waals surface area contributed by atoms with E-state index in [4.69, 9.17) is 16.3 Å². The molecule has 27 heavy (non-hydrogen) atoms. The van der Waals surface area contributed by atoms with Crippen LogP contribution in [0, 0.1) is 11.7 Å². The van der Waals surface area contributed by atoms with Crippen LogP contribution >= 0.6 is 11.6 Å². The summed E-state index contributed by atoms with van der Waals surface area (Å²) >= 11 is 6.13. The fraction of sp³-hybridized carbons (Fsp3) is 0.318. The molecule has 5 heteroatoms. The molecule has 0 radical (unpaired) electrons. The number of benzene rings is 2. The molecular formula is C22H23ClFNO2. The minimum Gasteiger partial charge on any atom is -0.466 e. The molecule has 1 unspecified atom stereocenters. The first-order chi connectivity index (χ1) is 13.0. The molecule has 0 saturated carbocycles. The molecule has 0 amide bonds. The maximum Gasteiger partial charge on any atom is 0.306 e. The van der Waals surface area contributed by atoms with E-state index in [2.05, 4.69) is 11.4 Å². The molecule has 0 aliphatic carbocycles. The molecule has 3 rings (SSSR count). The summed E-state index contributed by atoms with van der Waals surface area (Å²) in [6.45, 7) is 4.92. The molecule has 1 atom stereocenters. The SMILES string of the molecule is CCOC(=O)CC1CNc2ccc(/C(C)=C/c3c(F)cccc3Cl)cc2C1. The summed E-state index contributed by atoms with van der Waals surface area (Å²) in [5.41, 5.74) is 4.56. The van der Waals surface area contributed by atoms with Crippen molar-refractivity contribution in [3.8, 4) is 0 Å². The number of allylic oxidation sites excluding steroid dienone is 1. The van der Waals surface area contributed by atoms with Gasteiger partial charge in [-0.15, -0.1) is 0 Å². The maximum absolute atomic E-state index is 14.1. The van der Waals surface area contributed by atoms with Gasteiger partial charge in [-0.1, -0.05) is 23.7 Å². The van der Waals surface area contributed by atoms with Gasteiger partial charge in [0, 0.05) is 17.8 Å². The second-order valence-corrected chi connectivity index (χ2v) is 7.20. The molecule has 3 nitrogen and oxygen atoms in total. The highest BCUT2D eigenvalue weighted by Crippen LogP contribution is 2.31. The van der Waals surface area contributed by atoms with Crippen LogP contribution in [0.25, 0.3) is 11.6 Å². The van der Waals surface area contributed by atoms with Crippen LogP contribution in [-0.2, 0) is 16.0 Å². The van der Waals surface area contributed by atoms with Crippen molar-refractivity contribution in [2.24, 2.45) is 5.92 Å². The van der Waals surface area contributed by atoms with Crippen molar-refractivity contribution in [1.82, 2.24) is 0 Å². The van der Waals surface area contributed by atoms with Gasteiger partial charge in [0.05, 0.1) is 18.1 Å². The zero-order chi connectivity index (χ0) is 19.4. The smallest absolute Gasteiger partial charge is 0.306 e. The summed E-state index contributed by atoms with van der Waals surface area (Å²) in [6.07, 6.45) is 2.98. The van der Waals surface area contributed by atoms with E-state index in [0.29, 0.717) is 23.6 Å². The number of hydrogen-bond donors (Lipinski definition) is 1. The fourth-order valence-electron chi connectivity index (χ4n) is 3.37. The van der Waals surface area contributed by atoms with Gasteiger partial charge in [0.2, 0.25) is 0 Å². The van der Waals surface area contributed by atoms with Crippen LogP contribution in [0.15, 0.2) is 36.4 Å². The summed E-state index contributed by atoms with van der Waals surface area (Å²) in [5, 5.41) is 3.78. The van der Waals surface area contributed by atoms with Crippen LogP contribution in [-0.4, -0.2) is 19.1 Å². The third-order valence-electron chi connectivity index (χ3n) is 4.77. The average Bonchev–Trinajstić information content (AvgIpc) is 2.64. The van der Waals surface area contributed by atoms with Crippen molar-refractivity contribution in [3.63, 3.8) is 0 Å². The van der Waals surface area contributed by atoms with Crippen LogP contribution in [0.3, 0.4) is 0 Å². The molecule has 1 aliphatic rings. The van der Waals surface area contributed by atoms with Gasteiger partial charge < -0.3 is 10.1 Å². The van der Waals surface area contributed by atoms with Gasteiger partial charge in [-0.2, -0.15) is 0 Å². The molecule has 0 aromatic heterocycles. The minimum absolute atomic E-state index is 0.158. The molecule has 0 bridgehead atoms. The highest BCUT2D eigenvalue weighted by atomic mass is 35.5. The van der Waals surface area contributed by atoms with Crippen molar-refractivity contribution >= 4 is 34.9 Å². The molecule has 0 spiro atoms. The molecule has 1 heterocycles. The monoisotopic (exact) mass is 387 g/mol.